The fourth-order valence-corrected chi connectivity index (χ4v) is 7.10. The summed E-state index contributed by atoms with van der Waals surface area (Å²) in [4.78, 5) is 30.8. The lowest BCUT2D eigenvalue weighted by Gasteiger charge is -2.41. The predicted molar refractivity (Wildman–Crippen MR) is 158 cm³/mol. The summed E-state index contributed by atoms with van der Waals surface area (Å²) in [5.74, 6) is -0.370. The number of hydrogen-bond acceptors (Lipinski definition) is 6. The molecule has 0 saturated heterocycles. The molecule has 1 N–H and O–H groups in total. The second-order valence-corrected chi connectivity index (χ2v) is 12.5. The molecule has 2 atom stereocenters. The van der Waals surface area contributed by atoms with Gasteiger partial charge < -0.3 is 24.4 Å². The van der Waals surface area contributed by atoms with Crippen LogP contribution in [0.2, 0.25) is 5.02 Å². The van der Waals surface area contributed by atoms with Gasteiger partial charge in [0.1, 0.15) is 5.75 Å². The summed E-state index contributed by atoms with van der Waals surface area (Å²) in [7, 11) is 1.25. The number of amides is 1. The fraction of sp³-hybridized carbons (Fsp3) is 0.515. The molecule has 2 aliphatic carbocycles. The van der Waals surface area contributed by atoms with E-state index in [9.17, 15) is 14.7 Å². The first-order valence-corrected chi connectivity index (χ1v) is 15.3. The topological polar surface area (TPSA) is 79.3 Å². The van der Waals surface area contributed by atoms with Gasteiger partial charge in [0.05, 0.1) is 25.8 Å². The van der Waals surface area contributed by atoms with Crippen LogP contribution in [0.5, 0.6) is 5.75 Å². The van der Waals surface area contributed by atoms with Gasteiger partial charge in [0, 0.05) is 36.1 Å². The number of aliphatic hydroxyl groups is 1. The number of nitrogens with zero attached hydrogens (tertiary/aromatic N) is 2. The number of benzene rings is 2. The normalized spacial score (nSPS) is 27.6. The van der Waals surface area contributed by atoms with Crippen molar-refractivity contribution >= 4 is 29.2 Å². The second-order valence-electron chi connectivity index (χ2n) is 12.1. The molecule has 2 aliphatic heterocycles. The first-order valence-electron chi connectivity index (χ1n) is 14.9. The largest absolute Gasteiger partial charge is 0.490 e. The highest BCUT2D eigenvalue weighted by Crippen LogP contribution is 2.46. The van der Waals surface area contributed by atoms with Gasteiger partial charge in [-0.15, -0.1) is 0 Å². The summed E-state index contributed by atoms with van der Waals surface area (Å²) in [6, 6.07) is 11.7. The Labute approximate surface area is 247 Å². The summed E-state index contributed by atoms with van der Waals surface area (Å²) < 4.78 is 11.6. The van der Waals surface area contributed by atoms with Gasteiger partial charge >= 0.3 is 5.97 Å². The standard InChI is InChI=1S/C33H39ClN2O5/c1-40-31(38)33(39)20-30(37)36(26-11-12-26)17-6-4-2-3-5-16-35-21-32(22-41-29-14-9-24(33)19-28(29)35)15-7-8-23-18-25(34)10-13-27(23)32/h4,6,9-10,13-14,18-19,26,39H,2-3,5,7-8,11-12,15-17,20-22H2,1H3/b6-4+/t32-,33?/m0/s1. The number of carbonyl (C=O) groups is 2. The number of anilines is 1. The molecule has 0 radical (unpaired) electrons. The average molecular weight is 579 g/mol. The summed E-state index contributed by atoms with van der Waals surface area (Å²) in [5.41, 5.74) is 1.43. The molecule has 7 nitrogen and oxygen atoms in total. The zero-order valence-electron chi connectivity index (χ0n) is 23.7. The molecule has 2 bridgehead atoms. The molecule has 1 amide bonds. The molecule has 0 aromatic heterocycles. The van der Waals surface area contributed by atoms with E-state index < -0.39 is 11.6 Å². The lowest BCUT2D eigenvalue weighted by molar-refractivity contribution is -0.168. The van der Waals surface area contributed by atoms with Gasteiger partial charge in [0.25, 0.3) is 0 Å². The quantitative estimate of drug-likeness (QED) is 0.385. The average Bonchev–Trinajstić information content (AvgIpc) is 3.82. The van der Waals surface area contributed by atoms with E-state index in [-0.39, 0.29) is 23.8 Å². The minimum atomic E-state index is -2.11. The molecule has 6 rings (SSSR count). The van der Waals surface area contributed by atoms with Crippen molar-refractivity contribution in [2.45, 2.75) is 74.8 Å². The smallest absolute Gasteiger partial charge is 0.343 e. The van der Waals surface area contributed by atoms with Crippen LogP contribution < -0.4 is 9.64 Å². The molecule has 8 heteroatoms. The van der Waals surface area contributed by atoms with Crippen LogP contribution in [0.1, 0.15) is 68.1 Å². The van der Waals surface area contributed by atoms with E-state index in [0.29, 0.717) is 24.5 Å². The Balaban J connectivity index is 1.42. The zero-order chi connectivity index (χ0) is 28.6. The fourth-order valence-electron chi connectivity index (χ4n) is 6.90. The van der Waals surface area contributed by atoms with E-state index in [4.69, 9.17) is 21.1 Å². The number of allylic oxidation sites excluding steroid dienone is 1. The molecule has 218 valence electrons. The number of hydrogen-bond donors (Lipinski definition) is 1. The number of aryl methyl sites for hydroxylation is 1. The lowest BCUT2D eigenvalue weighted by atomic mass is 9.70. The number of rotatable bonds is 2. The third-order valence-corrected chi connectivity index (χ3v) is 9.51. The summed E-state index contributed by atoms with van der Waals surface area (Å²) in [6.45, 7) is 2.57. The van der Waals surface area contributed by atoms with Crippen molar-refractivity contribution in [1.82, 2.24) is 4.90 Å². The first-order chi connectivity index (χ1) is 19.8. The van der Waals surface area contributed by atoms with Crippen molar-refractivity contribution in [3.8, 4) is 5.75 Å². The molecule has 1 fully saturated rings. The maximum atomic E-state index is 13.5. The van der Waals surface area contributed by atoms with Crippen molar-refractivity contribution in [3.05, 3.63) is 70.3 Å². The highest BCUT2D eigenvalue weighted by Gasteiger charge is 2.46. The van der Waals surface area contributed by atoms with E-state index in [1.165, 1.54) is 18.2 Å². The third-order valence-electron chi connectivity index (χ3n) is 9.27. The second kappa shape index (κ2) is 11.3. The molecule has 41 heavy (non-hydrogen) atoms. The molecule has 1 spiro atoms. The molecule has 1 unspecified atom stereocenters. The van der Waals surface area contributed by atoms with Gasteiger partial charge in [-0.05, 0) is 92.3 Å². The van der Waals surface area contributed by atoms with Crippen LogP contribution in [0, 0.1) is 0 Å². The van der Waals surface area contributed by atoms with Crippen LogP contribution in [0.15, 0.2) is 48.6 Å². The van der Waals surface area contributed by atoms with E-state index in [0.717, 1.165) is 75.2 Å². The van der Waals surface area contributed by atoms with Crippen molar-refractivity contribution in [3.63, 3.8) is 0 Å². The van der Waals surface area contributed by atoms with Gasteiger partial charge in [-0.25, -0.2) is 4.79 Å². The van der Waals surface area contributed by atoms with Crippen molar-refractivity contribution < 1.29 is 24.2 Å². The number of ether oxygens (including phenoxy) is 2. The Bertz CT molecular complexity index is 1360. The number of methoxy groups -OCH3 is 1. The molecular weight excluding hydrogens is 540 g/mol. The minimum Gasteiger partial charge on any atom is -0.490 e. The van der Waals surface area contributed by atoms with Crippen LogP contribution in [0.4, 0.5) is 5.69 Å². The maximum absolute atomic E-state index is 13.5. The highest BCUT2D eigenvalue weighted by atomic mass is 35.5. The highest BCUT2D eigenvalue weighted by molar-refractivity contribution is 6.30. The van der Waals surface area contributed by atoms with Crippen LogP contribution in [-0.2, 0) is 31.8 Å². The number of esters is 1. The Morgan fingerprint density at radius 3 is 2.78 bits per heavy atom. The first kappa shape index (κ1) is 28.1. The van der Waals surface area contributed by atoms with E-state index >= 15 is 0 Å². The van der Waals surface area contributed by atoms with Crippen LogP contribution >= 0.6 is 11.6 Å². The van der Waals surface area contributed by atoms with Gasteiger partial charge in [0.15, 0.2) is 5.60 Å². The number of carbonyl (C=O) groups excluding carboxylic acids is 2. The van der Waals surface area contributed by atoms with E-state index in [1.54, 1.807) is 11.0 Å². The SMILES string of the molecule is COC(=O)C1(O)CC(=O)N(C2CC2)C/C=C/CCCCN2C[C@@]3(CCCc4cc(Cl)ccc43)COc3ccc1cc32. The van der Waals surface area contributed by atoms with Gasteiger partial charge in [-0.1, -0.05) is 35.9 Å². The summed E-state index contributed by atoms with van der Waals surface area (Å²) in [6.07, 6.45) is 11.7. The lowest BCUT2D eigenvalue weighted by Crippen LogP contribution is -2.46. The molecule has 1 saturated carbocycles. The molecular formula is C33H39ClN2O5. The van der Waals surface area contributed by atoms with Crippen LogP contribution in [-0.4, -0.2) is 61.3 Å². The Morgan fingerprint density at radius 2 is 1.98 bits per heavy atom. The van der Waals surface area contributed by atoms with E-state index in [2.05, 4.69) is 23.1 Å². The number of halogens is 1. The Kier molecular flexibility index (Phi) is 7.77. The van der Waals surface area contributed by atoms with Crippen molar-refractivity contribution in [2.75, 3.05) is 38.3 Å². The van der Waals surface area contributed by atoms with Crippen LogP contribution in [0.3, 0.4) is 0 Å². The number of fused-ring (bicyclic) bond motifs is 3. The van der Waals surface area contributed by atoms with E-state index in [1.807, 2.05) is 24.3 Å². The molecule has 4 aliphatic rings. The predicted octanol–water partition coefficient (Wildman–Crippen LogP) is 5.29. The monoisotopic (exact) mass is 578 g/mol. The summed E-state index contributed by atoms with van der Waals surface area (Å²) in [5, 5.41) is 12.6. The van der Waals surface area contributed by atoms with Gasteiger partial charge in [0.2, 0.25) is 5.91 Å². The van der Waals surface area contributed by atoms with Crippen molar-refractivity contribution in [2.24, 2.45) is 0 Å². The van der Waals surface area contributed by atoms with Crippen molar-refractivity contribution in [1.29, 1.82) is 0 Å². The van der Waals surface area contributed by atoms with Crippen LogP contribution in [0.25, 0.3) is 0 Å². The summed E-state index contributed by atoms with van der Waals surface area (Å²) >= 11 is 6.38. The third kappa shape index (κ3) is 5.46. The Morgan fingerprint density at radius 1 is 1.12 bits per heavy atom. The minimum absolute atomic E-state index is 0.158. The molecule has 2 aromatic rings. The van der Waals surface area contributed by atoms with Gasteiger partial charge in [-0.3, -0.25) is 4.79 Å². The molecule has 2 heterocycles. The maximum Gasteiger partial charge on any atom is 0.343 e. The Hall–Kier alpha value is -3.03. The zero-order valence-corrected chi connectivity index (χ0v) is 24.5. The van der Waals surface area contributed by atoms with Gasteiger partial charge in [-0.2, -0.15) is 0 Å². The molecule has 2 aromatic carbocycles.